The van der Waals surface area contributed by atoms with Crippen LogP contribution in [0.5, 0.6) is 0 Å². The zero-order chi connectivity index (χ0) is 15.2. The van der Waals surface area contributed by atoms with Crippen LogP contribution in [0.4, 0.5) is 5.00 Å². The highest BCUT2D eigenvalue weighted by atomic mass is 32.1. The van der Waals surface area contributed by atoms with Gasteiger partial charge in [-0.05, 0) is 42.6 Å². The number of nitrogen functional groups attached to an aromatic ring is 1. The number of primary amides is 2. The van der Waals surface area contributed by atoms with Gasteiger partial charge in [0.2, 0.25) is 5.91 Å². The second-order valence-electron chi connectivity index (χ2n) is 6.57. The summed E-state index contributed by atoms with van der Waals surface area (Å²) in [5.74, 6) is 0.0483. The van der Waals surface area contributed by atoms with Gasteiger partial charge >= 0.3 is 0 Å². The first-order chi connectivity index (χ1) is 9.90. The molecule has 6 N–H and O–H groups in total. The van der Waals surface area contributed by atoms with Crippen LogP contribution >= 0.6 is 11.3 Å². The molecular weight excluding hydrogens is 286 g/mol. The molecule has 1 aromatic heterocycles. The number of carbonyl (C=O) groups is 2. The molecule has 6 heteroatoms. The Hall–Kier alpha value is -1.56. The summed E-state index contributed by atoms with van der Waals surface area (Å²) >= 11 is 1.45. The van der Waals surface area contributed by atoms with E-state index in [0.717, 1.165) is 42.0 Å². The average molecular weight is 307 g/mol. The number of amides is 2. The van der Waals surface area contributed by atoms with Crippen LogP contribution in [0.2, 0.25) is 0 Å². The molecule has 1 atom stereocenters. The summed E-state index contributed by atoms with van der Waals surface area (Å²) in [6.07, 6.45) is 6.44. The van der Waals surface area contributed by atoms with Crippen molar-refractivity contribution in [2.24, 2.45) is 22.8 Å². The van der Waals surface area contributed by atoms with Crippen molar-refractivity contribution in [3.05, 3.63) is 16.0 Å². The number of thiophene rings is 1. The molecule has 0 radical (unpaired) electrons. The normalized spacial score (nSPS) is 24.6. The molecule has 1 saturated carbocycles. The van der Waals surface area contributed by atoms with E-state index < -0.39 is 5.91 Å². The Morgan fingerprint density at radius 2 is 2.00 bits per heavy atom. The Morgan fingerprint density at radius 1 is 1.29 bits per heavy atom. The average Bonchev–Trinajstić information content (AvgIpc) is 3.08. The molecule has 3 rings (SSSR count). The van der Waals surface area contributed by atoms with E-state index in [-0.39, 0.29) is 11.3 Å². The Bertz CT molecular complexity index is 606. The maximum Gasteiger partial charge on any atom is 0.251 e. The Morgan fingerprint density at radius 3 is 2.57 bits per heavy atom. The van der Waals surface area contributed by atoms with E-state index in [4.69, 9.17) is 17.2 Å². The molecule has 2 aliphatic carbocycles. The van der Waals surface area contributed by atoms with E-state index >= 15 is 0 Å². The highest BCUT2D eigenvalue weighted by Crippen LogP contribution is 2.51. The first kappa shape index (κ1) is 14.4. The van der Waals surface area contributed by atoms with E-state index in [0.29, 0.717) is 17.0 Å². The second kappa shape index (κ2) is 5.02. The van der Waals surface area contributed by atoms with Crippen molar-refractivity contribution in [3.8, 4) is 0 Å². The molecule has 0 aromatic carbocycles. The van der Waals surface area contributed by atoms with Crippen LogP contribution in [0.25, 0.3) is 0 Å². The first-order valence-corrected chi connectivity index (χ1v) is 8.20. The van der Waals surface area contributed by atoms with Gasteiger partial charge in [0.1, 0.15) is 0 Å². The van der Waals surface area contributed by atoms with Gasteiger partial charge in [-0.15, -0.1) is 11.3 Å². The Kier molecular flexibility index (Phi) is 3.43. The van der Waals surface area contributed by atoms with Gasteiger partial charge in [-0.1, -0.05) is 12.8 Å². The number of anilines is 1. The van der Waals surface area contributed by atoms with Crippen LogP contribution in [0.3, 0.4) is 0 Å². The molecule has 1 heterocycles. The maximum atomic E-state index is 11.6. The largest absolute Gasteiger partial charge is 0.390 e. The lowest BCUT2D eigenvalue weighted by atomic mass is 9.68. The third-order valence-electron chi connectivity index (χ3n) is 4.77. The lowest BCUT2D eigenvalue weighted by Crippen LogP contribution is -2.34. The second-order valence-corrected chi connectivity index (χ2v) is 7.71. The molecule has 0 aliphatic heterocycles. The van der Waals surface area contributed by atoms with Crippen LogP contribution in [-0.2, 0) is 17.6 Å². The standard InChI is InChI=1S/C15H21N3O2S/c16-11(19)7-15(5-8-1-2-8)4-3-9-10(6-15)21-14(18)12(9)13(17)20/h8H,1-7,18H2,(H2,16,19)(H2,17,20). The van der Waals surface area contributed by atoms with E-state index in [9.17, 15) is 9.59 Å². The predicted molar refractivity (Wildman–Crippen MR) is 82.9 cm³/mol. The monoisotopic (exact) mass is 307 g/mol. The van der Waals surface area contributed by atoms with Crippen LogP contribution in [0, 0.1) is 11.3 Å². The minimum Gasteiger partial charge on any atom is -0.390 e. The lowest BCUT2D eigenvalue weighted by Gasteiger charge is -2.36. The molecule has 0 bridgehead atoms. The minimum absolute atomic E-state index is 0.0494. The van der Waals surface area contributed by atoms with Crippen LogP contribution in [-0.4, -0.2) is 11.8 Å². The van der Waals surface area contributed by atoms with E-state index in [2.05, 4.69) is 0 Å². The van der Waals surface area contributed by atoms with Gasteiger partial charge in [0.25, 0.3) is 5.91 Å². The summed E-state index contributed by atoms with van der Waals surface area (Å²) in [6.45, 7) is 0. The lowest BCUT2D eigenvalue weighted by molar-refractivity contribution is -0.120. The smallest absolute Gasteiger partial charge is 0.251 e. The molecule has 2 amide bonds. The zero-order valence-corrected chi connectivity index (χ0v) is 12.8. The molecule has 114 valence electrons. The van der Waals surface area contributed by atoms with Crippen molar-refractivity contribution >= 4 is 28.2 Å². The highest BCUT2D eigenvalue weighted by molar-refractivity contribution is 7.16. The van der Waals surface area contributed by atoms with Crippen molar-refractivity contribution in [3.63, 3.8) is 0 Å². The van der Waals surface area contributed by atoms with Crippen molar-refractivity contribution in [2.75, 3.05) is 5.73 Å². The van der Waals surface area contributed by atoms with Gasteiger partial charge in [0.15, 0.2) is 0 Å². The van der Waals surface area contributed by atoms with E-state index in [1.54, 1.807) is 0 Å². The van der Waals surface area contributed by atoms with Gasteiger partial charge in [0.05, 0.1) is 10.6 Å². The molecule has 0 saturated heterocycles. The summed E-state index contributed by atoms with van der Waals surface area (Å²) in [4.78, 5) is 24.2. The predicted octanol–water partition coefficient (Wildman–Crippen LogP) is 1.58. The zero-order valence-electron chi connectivity index (χ0n) is 12.0. The third kappa shape index (κ3) is 2.77. The fraction of sp³-hybridized carbons (Fsp3) is 0.600. The third-order valence-corrected chi connectivity index (χ3v) is 5.83. The molecule has 0 spiro atoms. The van der Waals surface area contributed by atoms with Gasteiger partial charge in [-0.25, -0.2) is 0 Å². The van der Waals surface area contributed by atoms with Crippen molar-refractivity contribution in [1.29, 1.82) is 0 Å². The number of nitrogens with two attached hydrogens (primary N) is 3. The van der Waals surface area contributed by atoms with Gasteiger partial charge in [-0.2, -0.15) is 0 Å². The molecule has 1 fully saturated rings. The molecule has 21 heavy (non-hydrogen) atoms. The summed E-state index contributed by atoms with van der Waals surface area (Å²) in [7, 11) is 0. The molecule has 1 aromatic rings. The van der Waals surface area contributed by atoms with E-state index in [1.807, 2.05) is 0 Å². The number of hydrogen-bond acceptors (Lipinski definition) is 4. The molecule has 1 unspecified atom stereocenters. The quantitative estimate of drug-likeness (QED) is 0.767. The first-order valence-electron chi connectivity index (χ1n) is 7.38. The van der Waals surface area contributed by atoms with Gasteiger partial charge in [-0.3, -0.25) is 9.59 Å². The Balaban J connectivity index is 1.91. The van der Waals surface area contributed by atoms with Crippen LogP contribution in [0.15, 0.2) is 0 Å². The Labute approximate surface area is 127 Å². The fourth-order valence-electron chi connectivity index (χ4n) is 3.73. The fourth-order valence-corrected chi connectivity index (χ4v) is 5.03. The van der Waals surface area contributed by atoms with Crippen molar-refractivity contribution in [2.45, 2.75) is 44.9 Å². The summed E-state index contributed by atoms with van der Waals surface area (Å²) in [5, 5.41) is 0.508. The topological polar surface area (TPSA) is 112 Å². The molecule has 2 aliphatic rings. The number of hydrogen-bond donors (Lipinski definition) is 3. The number of carbonyl (C=O) groups excluding carboxylic acids is 2. The summed E-state index contributed by atoms with van der Waals surface area (Å²) in [5.41, 5.74) is 18.3. The summed E-state index contributed by atoms with van der Waals surface area (Å²) < 4.78 is 0. The molecule has 5 nitrogen and oxygen atoms in total. The van der Waals surface area contributed by atoms with Crippen molar-refractivity contribution < 1.29 is 9.59 Å². The maximum absolute atomic E-state index is 11.6. The number of fused-ring (bicyclic) bond motifs is 1. The minimum atomic E-state index is -0.449. The molecular formula is C15H21N3O2S. The SMILES string of the molecule is NC(=O)CC1(CC2CC2)CCc2c(sc(N)c2C(N)=O)C1. The van der Waals surface area contributed by atoms with Crippen LogP contribution in [0.1, 0.15) is 52.9 Å². The van der Waals surface area contributed by atoms with Gasteiger partial charge < -0.3 is 17.2 Å². The van der Waals surface area contributed by atoms with Crippen LogP contribution < -0.4 is 17.2 Å². The number of rotatable bonds is 5. The van der Waals surface area contributed by atoms with Gasteiger partial charge in [0, 0.05) is 11.3 Å². The van der Waals surface area contributed by atoms with E-state index in [1.165, 1.54) is 24.2 Å². The highest BCUT2D eigenvalue weighted by Gasteiger charge is 2.42. The van der Waals surface area contributed by atoms with Crippen molar-refractivity contribution in [1.82, 2.24) is 0 Å². The summed E-state index contributed by atoms with van der Waals surface area (Å²) in [6, 6.07) is 0.